The molecule has 0 heterocycles. The number of amides is 1. The summed E-state index contributed by atoms with van der Waals surface area (Å²) in [5.41, 5.74) is 1.45. The Morgan fingerprint density at radius 1 is 1.18 bits per heavy atom. The zero-order valence-corrected chi connectivity index (χ0v) is 11.2. The van der Waals surface area contributed by atoms with Crippen molar-refractivity contribution in [3.8, 4) is 0 Å². The van der Waals surface area contributed by atoms with Gasteiger partial charge in [0.2, 0.25) is 0 Å². The first kappa shape index (κ1) is 15.7. The quantitative estimate of drug-likeness (QED) is 0.604. The van der Waals surface area contributed by atoms with E-state index in [9.17, 15) is 9.59 Å². The van der Waals surface area contributed by atoms with Crippen molar-refractivity contribution in [2.45, 2.75) is 46.3 Å². The van der Waals surface area contributed by atoms with E-state index in [1.54, 1.807) is 34.6 Å². The molecule has 0 saturated heterocycles. The highest BCUT2D eigenvalue weighted by molar-refractivity contribution is 5.75. The number of nitrogens with one attached hydrogen (secondary N) is 1. The van der Waals surface area contributed by atoms with Crippen LogP contribution < -0.4 is 5.48 Å². The summed E-state index contributed by atoms with van der Waals surface area (Å²) in [7, 11) is 1.26. The van der Waals surface area contributed by atoms with Crippen LogP contribution in [0.3, 0.4) is 0 Å². The third-order valence-corrected chi connectivity index (χ3v) is 1.71. The molecule has 100 valence electrons. The molecule has 0 spiro atoms. The number of carbonyl (C=O) groups is 2. The number of rotatable bonds is 4. The zero-order valence-electron chi connectivity index (χ0n) is 11.2. The molecular formula is C11H21NO5. The van der Waals surface area contributed by atoms with Gasteiger partial charge in [0.25, 0.3) is 0 Å². The van der Waals surface area contributed by atoms with Crippen molar-refractivity contribution in [2.75, 3.05) is 7.11 Å². The molecule has 0 aromatic rings. The monoisotopic (exact) mass is 247 g/mol. The van der Waals surface area contributed by atoms with Crippen molar-refractivity contribution >= 4 is 12.1 Å². The fraction of sp³-hybridized carbons (Fsp3) is 0.818. The van der Waals surface area contributed by atoms with Crippen LogP contribution in [0.25, 0.3) is 0 Å². The Balaban J connectivity index is 4.23. The molecule has 0 radical (unpaired) electrons. The number of carbonyl (C=O) groups excluding carboxylic acids is 2. The Bertz CT molecular complexity index is 270. The predicted octanol–water partition coefficient (Wildman–Crippen LogP) is 1.64. The summed E-state index contributed by atoms with van der Waals surface area (Å²) in [6, 6.07) is 0. The van der Waals surface area contributed by atoms with Crippen molar-refractivity contribution in [1.82, 2.24) is 5.48 Å². The largest absolute Gasteiger partial charge is 0.467 e. The van der Waals surface area contributed by atoms with Crippen LogP contribution in [0.5, 0.6) is 0 Å². The Kier molecular flexibility index (Phi) is 5.95. The van der Waals surface area contributed by atoms with Gasteiger partial charge in [-0.2, -0.15) is 5.48 Å². The van der Waals surface area contributed by atoms with E-state index in [0.29, 0.717) is 0 Å². The van der Waals surface area contributed by atoms with Gasteiger partial charge in [-0.1, -0.05) is 13.8 Å². The molecule has 0 rings (SSSR count). The Morgan fingerprint density at radius 2 is 1.71 bits per heavy atom. The third-order valence-electron chi connectivity index (χ3n) is 1.71. The van der Waals surface area contributed by atoms with Gasteiger partial charge >= 0.3 is 12.1 Å². The molecule has 17 heavy (non-hydrogen) atoms. The molecule has 1 amide bonds. The summed E-state index contributed by atoms with van der Waals surface area (Å²) in [4.78, 5) is 27.6. The number of hydrogen-bond donors (Lipinski definition) is 1. The smallest absolute Gasteiger partial charge is 0.431 e. The number of ether oxygens (including phenoxy) is 2. The van der Waals surface area contributed by atoms with E-state index in [0.717, 1.165) is 0 Å². The summed E-state index contributed by atoms with van der Waals surface area (Å²) < 4.78 is 9.50. The van der Waals surface area contributed by atoms with E-state index >= 15 is 0 Å². The molecule has 0 aliphatic heterocycles. The SMILES string of the molecule is COC(=O)C(ONC(=O)OC(C)(C)C)C(C)C. The van der Waals surface area contributed by atoms with Gasteiger partial charge in [-0.05, 0) is 26.7 Å². The first-order chi connectivity index (χ1) is 7.67. The molecule has 0 aliphatic carbocycles. The fourth-order valence-corrected chi connectivity index (χ4v) is 0.983. The average molecular weight is 247 g/mol. The predicted molar refractivity (Wildman–Crippen MR) is 61.1 cm³/mol. The molecule has 6 heteroatoms. The van der Waals surface area contributed by atoms with Crippen LogP contribution in [0, 0.1) is 5.92 Å². The molecule has 1 atom stereocenters. The minimum Gasteiger partial charge on any atom is -0.467 e. The van der Waals surface area contributed by atoms with E-state index in [4.69, 9.17) is 9.57 Å². The lowest BCUT2D eigenvalue weighted by atomic mass is 10.1. The van der Waals surface area contributed by atoms with Crippen LogP contribution >= 0.6 is 0 Å². The maximum absolute atomic E-state index is 11.3. The van der Waals surface area contributed by atoms with E-state index in [1.165, 1.54) is 7.11 Å². The van der Waals surface area contributed by atoms with Crippen molar-refractivity contribution < 1.29 is 23.9 Å². The van der Waals surface area contributed by atoms with Crippen molar-refractivity contribution in [2.24, 2.45) is 5.92 Å². The second-order valence-electron chi connectivity index (χ2n) is 4.91. The second-order valence-corrected chi connectivity index (χ2v) is 4.91. The topological polar surface area (TPSA) is 73.9 Å². The maximum atomic E-state index is 11.3. The minimum absolute atomic E-state index is 0.127. The van der Waals surface area contributed by atoms with Crippen LogP contribution in [0.4, 0.5) is 4.79 Å². The van der Waals surface area contributed by atoms with Gasteiger partial charge in [-0.25, -0.2) is 9.59 Å². The number of hydrogen-bond acceptors (Lipinski definition) is 5. The maximum Gasteiger partial charge on any atom is 0.431 e. The molecule has 0 aromatic heterocycles. The highest BCUT2D eigenvalue weighted by Gasteiger charge is 2.26. The van der Waals surface area contributed by atoms with Gasteiger partial charge in [0.05, 0.1) is 7.11 Å². The number of hydroxylamine groups is 1. The van der Waals surface area contributed by atoms with Crippen LogP contribution in [-0.2, 0) is 19.1 Å². The third kappa shape index (κ3) is 6.78. The van der Waals surface area contributed by atoms with Gasteiger partial charge in [0, 0.05) is 0 Å². The van der Waals surface area contributed by atoms with Gasteiger partial charge in [-0.3, -0.25) is 4.84 Å². The molecule has 1 unspecified atom stereocenters. The molecule has 6 nitrogen and oxygen atoms in total. The highest BCUT2D eigenvalue weighted by atomic mass is 16.7. The van der Waals surface area contributed by atoms with Crippen LogP contribution in [0.15, 0.2) is 0 Å². The summed E-state index contributed by atoms with van der Waals surface area (Å²) >= 11 is 0. The van der Waals surface area contributed by atoms with E-state index in [1.807, 2.05) is 0 Å². The summed E-state index contributed by atoms with van der Waals surface area (Å²) in [6.07, 6.45) is -1.60. The second kappa shape index (κ2) is 6.44. The lowest BCUT2D eigenvalue weighted by Crippen LogP contribution is -2.40. The normalized spacial score (nSPS) is 13.1. The van der Waals surface area contributed by atoms with E-state index in [2.05, 4.69) is 10.2 Å². The summed E-state index contributed by atoms with van der Waals surface area (Å²) in [5, 5.41) is 0. The minimum atomic E-state index is -0.854. The van der Waals surface area contributed by atoms with E-state index in [-0.39, 0.29) is 5.92 Å². The first-order valence-corrected chi connectivity index (χ1v) is 5.40. The van der Waals surface area contributed by atoms with Gasteiger partial charge < -0.3 is 9.47 Å². The lowest BCUT2D eigenvalue weighted by Gasteiger charge is -2.22. The standard InChI is InChI=1S/C11H21NO5/c1-7(2)8(9(13)15-6)17-12-10(14)16-11(3,4)5/h7-8H,1-6H3,(H,12,14). The lowest BCUT2D eigenvalue weighted by molar-refractivity contribution is -0.162. The zero-order chi connectivity index (χ0) is 13.6. The van der Waals surface area contributed by atoms with Crippen LogP contribution in [-0.4, -0.2) is 30.9 Å². The molecule has 1 N–H and O–H groups in total. The van der Waals surface area contributed by atoms with E-state index < -0.39 is 23.8 Å². The van der Waals surface area contributed by atoms with Gasteiger partial charge in [0.1, 0.15) is 5.60 Å². The fourth-order valence-electron chi connectivity index (χ4n) is 0.983. The van der Waals surface area contributed by atoms with Crippen molar-refractivity contribution in [1.29, 1.82) is 0 Å². The average Bonchev–Trinajstić information content (AvgIpc) is 2.14. The number of esters is 1. The van der Waals surface area contributed by atoms with Crippen LogP contribution in [0.1, 0.15) is 34.6 Å². The Hall–Kier alpha value is -1.30. The summed E-state index contributed by atoms with van der Waals surface area (Å²) in [5.74, 6) is -0.673. The summed E-state index contributed by atoms with van der Waals surface area (Å²) in [6.45, 7) is 8.74. The van der Waals surface area contributed by atoms with Gasteiger partial charge in [-0.15, -0.1) is 0 Å². The first-order valence-electron chi connectivity index (χ1n) is 5.40. The highest BCUT2D eigenvalue weighted by Crippen LogP contribution is 2.09. The van der Waals surface area contributed by atoms with Crippen molar-refractivity contribution in [3.63, 3.8) is 0 Å². The molecular weight excluding hydrogens is 226 g/mol. The molecule has 0 aromatic carbocycles. The van der Waals surface area contributed by atoms with Crippen LogP contribution in [0.2, 0.25) is 0 Å². The Morgan fingerprint density at radius 3 is 2.06 bits per heavy atom. The Labute approximate surface area is 102 Å². The van der Waals surface area contributed by atoms with Gasteiger partial charge in [0.15, 0.2) is 6.10 Å². The van der Waals surface area contributed by atoms with Crippen molar-refractivity contribution in [3.05, 3.63) is 0 Å². The molecule has 0 saturated carbocycles. The number of methoxy groups -OCH3 is 1. The molecule has 0 fully saturated rings. The molecule has 0 bridgehead atoms. The molecule has 0 aliphatic rings.